The molecule has 0 aliphatic carbocycles. The van der Waals surface area contributed by atoms with E-state index in [0.29, 0.717) is 13.2 Å². The van der Waals surface area contributed by atoms with Gasteiger partial charge >= 0.3 is 0 Å². The van der Waals surface area contributed by atoms with Crippen molar-refractivity contribution in [2.45, 2.75) is 11.6 Å². The Balaban J connectivity index is 1.32. The van der Waals surface area contributed by atoms with Crippen LogP contribution in [0.4, 0.5) is 5.69 Å². The monoisotopic (exact) mass is 469 g/mol. The van der Waals surface area contributed by atoms with Gasteiger partial charge in [0.1, 0.15) is 5.75 Å². The molecule has 6 heteroatoms. The second-order valence-corrected chi connectivity index (χ2v) is 9.47. The predicted molar refractivity (Wildman–Crippen MR) is 136 cm³/mol. The first-order chi connectivity index (χ1) is 17.2. The van der Waals surface area contributed by atoms with Crippen molar-refractivity contribution in [1.82, 2.24) is 9.80 Å². The molecule has 35 heavy (non-hydrogen) atoms. The maximum Gasteiger partial charge on any atom is 0.256 e. The Bertz CT molecular complexity index is 1210. The molecule has 0 unspecified atom stereocenters. The number of piperazine rings is 1. The number of methoxy groups -OCH3 is 1. The number of hydrogen-bond donors (Lipinski definition) is 0. The average molecular weight is 470 g/mol. The number of carbonyl (C=O) groups excluding carboxylic acids is 1. The second-order valence-electron chi connectivity index (χ2n) is 9.47. The minimum absolute atomic E-state index is 0.0270. The maximum atomic E-state index is 13.6. The molecule has 0 spiro atoms. The van der Waals surface area contributed by atoms with E-state index in [1.165, 1.54) is 0 Å². The molecule has 0 bridgehead atoms. The summed E-state index contributed by atoms with van der Waals surface area (Å²) in [6, 6.07) is 26.6. The summed E-state index contributed by atoms with van der Waals surface area (Å²) in [5, 5.41) is 0. The summed E-state index contributed by atoms with van der Waals surface area (Å²) in [5.41, 5.74) is 3.33. The summed E-state index contributed by atoms with van der Waals surface area (Å²) in [6.07, 6.45) is 0. The van der Waals surface area contributed by atoms with Gasteiger partial charge in [-0.3, -0.25) is 9.69 Å². The van der Waals surface area contributed by atoms with Gasteiger partial charge in [-0.2, -0.15) is 0 Å². The van der Waals surface area contributed by atoms with Crippen LogP contribution in [0.5, 0.6) is 5.75 Å². The van der Waals surface area contributed by atoms with Crippen LogP contribution in [0.25, 0.3) is 0 Å². The highest BCUT2D eigenvalue weighted by Gasteiger charge is 2.57. The number of carbonyl (C=O) groups is 1. The molecule has 3 aromatic carbocycles. The molecular formula is C29H31N3O3. The molecule has 2 fully saturated rings. The third-order valence-corrected chi connectivity index (χ3v) is 7.75. The summed E-state index contributed by atoms with van der Waals surface area (Å²) in [7, 11) is 1.73. The first kappa shape index (κ1) is 22.1. The number of rotatable bonds is 5. The molecule has 0 radical (unpaired) electrons. The summed E-state index contributed by atoms with van der Waals surface area (Å²) >= 11 is 0. The van der Waals surface area contributed by atoms with Gasteiger partial charge in [-0.25, -0.2) is 0 Å². The minimum Gasteiger partial charge on any atom is -0.495 e. The summed E-state index contributed by atoms with van der Waals surface area (Å²) < 4.78 is 12.2. The van der Waals surface area contributed by atoms with E-state index in [0.717, 1.165) is 60.9 Å². The molecule has 0 saturated carbocycles. The van der Waals surface area contributed by atoms with Crippen molar-refractivity contribution in [3.05, 3.63) is 95.6 Å². The van der Waals surface area contributed by atoms with Gasteiger partial charge in [0.2, 0.25) is 0 Å². The lowest BCUT2D eigenvalue weighted by molar-refractivity contribution is -0.106. The average Bonchev–Trinajstić information content (AvgIpc) is 3.38. The Morgan fingerprint density at radius 2 is 1.60 bits per heavy atom. The lowest BCUT2D eigenvalue weighted by Crippen LogP contribution is -2.57. The summed E-state index contributed by atoms with van der Waals surface area (Å²) in [5.74, 6) is 1.01. The van der Waals surface area contributed by atoms with Crippen molar-refractivity contribution >= 4 is 11.6 Å². The third-order valence-electron chi connectivity index (χ3n) is 7.75. The van der Waals surface area contributed by atoms with Crippen LogP contribution in [0.1, 0.15) is 27.4 Å². The van der Waals surface area contributed by atoms with E-state index in [-0.39, 0.29) is 11.8 Å². The van der Waals surface area contributed by atoms with Crippen LogP contribution in [0.3, 0.4) is 0 Å². The van der Waals surface area contributed by atoms with E-state index >= 15 is 0 Å². The number of nitrogens with zero attached hydrogens (tertiary/aromatic N) is 3. The normalized spacial score (nSPS) is 24.3. The quantitative estimate of drug-likeness (QED) is 0.567. The molecule has 2 saturated heterocycles. The van der Waals surface area contributed by atoms with Crippen molar-refractivity contribution < 1.29 is 14.3 Å². The zero-order chi connectivity index (χ0) is 23.8. The maximum absolute atomic E-state index is 13.6. The molecular weight excluding hydrogens is 438 g/mol. The van der Waals surface area contributed by atoms with Crippen LogP contribution in [-0.2, 0) is 10.5 Å². The molecule has 0 aromatic heterocycles. The highest BCUT2D eigenvalue weighted by atomic mass is 16.5. The number of fused-ring (bicyclic) bond motifs is 2. The Labute approximate surface area is 206 Å². The number of hydrogen-bond acceptors (Lipinski definition) is 5. The lowest BCUT2D eigenvalue weighted by atomic mass is 9.76. The van der Waals surface area contributed by atoms with Crippen LogP contribution >= 0.6 is 0 Å². The van der Waals surface area contributed by atoms with Gasteiger partial charge in [-0.15, -0.1) is 0 Å². The van der Waals surface area contributed by atoms with Gasteiger partial charge < -0.3 is 19.3 Å². The van der Waals surface area contributed by atoms with E-state index in [4.69, 9.17) is 9.47 Å². The van der Waals surface area contributed by atoms with Crippen LogP contribution in [-0.4, -0.2) is 68.7 Å². The molecule has 3 aromatic rings. The fraction of sp³-hybridized carbons (Fsp3) is 0.345. The summed E-state index contributed by atoms with van der Waals surface area (Å²) in [4.78, 5) is 20.5. The first-order valence-electron chi connectivity index (χ1n) is 12.4. The smallest absolute Gasteiger partial charge is 0.256 e. The fourth-order valence-corrected chi connectivity index (χ4v) is 6.09. The van der Waals surface area contributed by atoms with Gasteiger partial charge in [0.25, 0.3) is 5.91 Å². The van der Waals surface area contributed by atoms with Gasteiger partial charge in [-0.05, 0) is 23.8 Å². The van der Waals surface area contributed by atoms with Gasteiger partial charge in [0, 0.05) is 50.4 Å². The standard InChI is InChI=1S/C29H31N3O3/c1-34-27-14-8-7-13-26(27)31-17-15-30(16-18-31)21-25-23-11-5-6-12-24(23)28(33)32-19-20-35-29(25,32)22-9-3-2-4-10-22/h2-14,25H,15-21H2,1H3/t25-,29-/m0/s1. The largest absolute Gasteiger partial charge is 0.495 e. The number of para-hydroxylation sites is 2. The van der Waals surface area contributed by atoms with E-state index in [1.807, 2.05) is 53.4 Å². The van der Waals surface area contributed by atoms with Crippen molar-refractivity contribution in [1.29, 1.82) is 0 Å². The van der Waals surface area contributed by atoms with Crippen molar-refractivity contribution in [3.63, 3.8) is 0 Å². The van der Waals surface area contributed by atoms with E-state index in [9.17, 15) is 4.79 Å². The first-order valence-corrected chi connectivity index (χ1v) is 12.4. The Hall–Kier alpha value is -3.35. The van der Waals surface area contributed by atoms with Gasteiger partial charge in [-0.1, -0.05) is 60.7 Å². The molecule has 3 heterocycles. The zero-order valence-corrected chi connectivity index (χ0v) is 20.1. The van der Waals surface area contributed by atoms with Gasteiger partial charge in [0.05, 0.1) is 25.3 Å². The van der Waals surface area contributed by atoms with E-state index in [2.05, 4.69) is 40.1 Å². The fourth-order valence-electron chi connectivity index (χ4n) is 6.09. The van der Waals surface area contributed by atoms with Crippen LogP contribution in [0.2, 0.25) is 0 Å². The number of anilines is 1. The molecule has 180 valence electrons. The van der Waals surface area contributed by atoms with E-state index < -0.39 is 5.72 Å². The van der Waals surface area contributed by atoms with Crippen molar-refractivity contribution in [2.75, 3.05) is 57.9 Å². The molecule has 0 N–H and O–H groups in total. The highest BCUT2D eigenvalue weighted by molar-refractivity contribution is 5.98. The third kappa shape index (κ3) is 3.60. The molecule has 6 rings (SSSR count). The predicted octanol–water partition coefficient (Wildman–Crippen LogP) is 3.94. The Kier molecular flexibility index (Phi) is 5.71. The Morgan fingerprint density at radius 3 is 2.40 bits per heavy atom. The molecule has 2 atom stereocenters. The van der Waals surface area contributed by atoms with Gasteiger partial charge in [0.15, 0.2) is 5.72 Å². The molecule has 3 aliphatic rings. The van der Waals surface area contributed by atoms with Crippen molar-refractivity contribution in [3.8, 4) is 5.75 Å². The zero-order valence-electron chi connectivity index (χ0n) is 20.1. The van der Waals surface area contributed by atoms with Crippen LogP contribution in [0, 0.1) is 0 Å². The second kappa shape index (κ2) is 9.02. The Morgan fingerprint density at radius 1 is 0.886 bits per heavy atom. The molecule has 3 aliphatic heterocycles. The number of ether oxygens (including phenoxy) is 2. The highest BCUT2D eigenvalue weighted by Crippen LogP contribution is 2.51. The topological polar surface area (TPSA) is 45.2 Å². The number of amides is 1. The van der Waals surface area contributed by atoms with Crippen molar-refractivity contribution in [2.24, 2.45) is 0 Å². The van der Waals surface area contributed by atoms with Crippen LogP contribution in [0.15, 0.2) is 78.9 Å². The number of benzene rings is 3. The molecule has 6 nitrogen and oxygen atoms in total. The summed E-state index contributed by atoms with van der Waals surface area (Å²) in [6.45, 7) is 5.72. The molecule has 1 amide bonds. The minimum atomic E-state index is -0.771. The van der Waals surface area contributed by atoms with E-state index in [1.54, 1.807) is 7.11 Å². The van der Waals surface area contributed by atoms with Crippen LogP contribution < -0.4 is 9.64 Å². The SMILES string of the molecule is COc1ccccc1N1CCN(C[C@H]2c3ccccc3C(=O)N3CCO[C@@]23c2ccccc2)CC1. The lowest BCUT2D eigenvalue weighted by Gasteiger charge is -2.49.